The summed E-state index contributed by atoms with van der Waals surface area (Å²) in [5, 5.41) is 12.9. The van der Waals surface area contributed by atoms with Crippen molar-refractivity contribution < 1.29 is 14.7 Å². The Morgan fingerprint density at radius 3 is 1.23 bits per heavy atom. The van der Waals surface area contributed by atoms with Crippen molar-refractivity contribution in [2.24, 2.45) is 5.41 Å². The van der Waals surface area contributed by atoms with Gasteiger partial charge in [0, 0.05) is 12.1 Å². The number of amides is 1. The van der Waals surface area contributed by atoms with Crippen LogP contribution in [-0.4, -0.2) is 23.5 Å². The van der Waals surface area contributed by atoms with E-state index in [1.54, 1.807) is 12.2 Å². The zero-order valence-corrected chi connectivity index (χ0v) is 32.2. The number of carbonyl (C=O) groups excluding carboxylic acids is 1. The van der Waals surface area contributed by atoms with E-state index in [9.17, 15) is 14.7 Å². The number of aliphatic carboxylic acids is 1. The molecule has 0 aromatic carbocycles. The normalized spacial score (nSPS) is 15.9. The van der Waals surface area contributed by atoms with Crippen LogP contribution in [0.2, 0.25) is 0 Å². The molecular formula is C44H81NO3. The van der Waals surface area contributed by atoms with Crippen LogP contribution in [-0.2, 0) is 9.59 Å². The van der Waals surface area contributed by atoms with Crippen molar-refractivity contribution >= 4 is 11.9 Å². The molecule has 1 unspecified atom stereocenters. The molecule has 0 aromatic heterocycles. The molecule has 0 spiro atoms. The van der Waals surface area contributed by atoms with E-state index in [0.29, 0.717) is 18.5 Å². The molecule has 0 bridgehead atoms. The summed E-state index contributed by atoms with van der Waals surface area (Å²) in [7, 11) is 0. The first-order chi connectivity index (χ1) is 23.6. The molecule has 4 nitrogen and oxygen atoms in total. The predicted octanol–water partition coefficient (Wildman–Crippen LogP) is 14.0. The fourth-order valence-corrected chi connectivity index (χ4v) is 7.43. The van der Waals surface area contributed by atoms with Crippen LogP contribution in [0.3, 0.4) is 0 Å². The summed E-state index contributed by atoms with van der Waals surface area (Å²) < 4.78 is 0. The summed E-state index contributed by atoms with van der Waals surface area (Å²) in [6, 6.07) is 0. The molecule has 1 rings (SSSR count). The smallest absolute Gasteiger partial charge is 0.331 e. The first-order valence-corrected chi connectivity index (χ1v) is 21.5. The summed E-state index contributed by atoms with van der Waals surface area (Å²) in [6.07, 6.45) is 49.1. The largest absolute Gasteiger partial charge is 0.478 e. The van der Waals surface area contributed by atoms with E-state index in [2.05, 4.69) is 19.2 Å². The zero-order valence-electron chi connectivity index (χ0n) is 32.2. The minimum absolute atomic E-state index is 0.0209. The second kappa shape index (κ2) is 32.6. The molecule has 0 radical (unpaired) electrons. The molecule has 0 fully saturated rings. The van der Waals surface area contributed by atoms with Crippen LogP contribution in [0, 0.1) is 5.41 Å². The third kappa shape index (κ3) is 24.5. The lowest BCUT2D eigenvalue weighted by Crippen LogP contribution is -2.41. The molecule has 0 saturated carbocycles. The number of rotatable bonds is 36. The number of carboxylic acid groups (broad SMARTS) is 1. The van der Waals surface area contributed by atoms with Gasteiger partial charge in [0.1, 0.15) is 0 Å². The maximum absolute atomic E-state index is 13.5. The molecule has 4 heteroatoms. The first-order valence-electron chi connectivity index (χ1n) is 21.5. The number of hydrogen-bond donors (Lipinski definition) is 2. The minimum atomic E-state index is -0.902. The highest BCUT2D eigenvalue weighted by Crippen LogP contribution is 2.37. The van der Waals surface area contributed by atoms with Gasteiger partial charge in [-0.15, -0.1) is 0 Å². The van der Waals surface area contributed by atoms with Crippen molar-refractivity contribution in [1.82, 2.24) is 5.32 Å². The number of unbranched alkanes of at least 4 members (excludes halogenated alkanes) is 30. The number of allylic oxidation sites excluding steroid dienone is 2. The van der Waals surface area contributed by atoms with Crippen molar-refractivity contribution in [2.75, 3.05) is 6.54 Å². The van der Waals surface area contributed by atoms with Gasteiger partial charge in [0.2, 0.25) is 5.91 Å². The quantitative estimate of drug-likeness (QED) is 0.0651. The molecule has 1 atom stereocenters. The Morgan fingerprint density at radius 2 is 0.875 bits per heavy atom. The first kappa shape index (κ1) is 44.4. The number of carbonyl (C=O) groups is 2. The topological polar surface area (TPSA) is 66.4 Å². The van der Waals surface area contributed by atoms with Crippen molar-refractivity contribution in [3.63, 3.8) is 0 Å². The van der Waals surface area contributed by atoms with Gasteiger partial charge < -0.3 is 10.4 Å². The number of carboxylic acids is 1. The highest BCUT2D eigenvalue weighted by Gasteiger charge is 2.38. The van der Waals surface area contributed by atoms with Crippen LogP contribution in [0.5, 0.6) is 0 Å². The Bertz CT molecular complexity index is 818. The zero-order chi connectivity index (χ0) is 34.8. The van der Waals surface area contributed by atoms with E-state index >= 15 is 0 Å². The molecule has 0 aliphatic heterocycles. The van der Waals surface area contributed by atoms with E-state index in [4.69, 9.17) is 0 Å². The van der Waals surface area contributed by atoms with Gasteiger partial charge in [-0.2, -0.15) is 0 Å². The summed E-state index contributed by atoms with van der Waals surface area (Å²) >= 11 is 0. The molecule has 0 aromatic rings. The molecule has 2 N–H and O–H groups in total. The van der Waals surface area contributed by atoms with Crippen LogP contribution in [0.25, 0.3) is 0 Å². The molecule has 48 heavy (non-hydrogen) atoms. The number of nitrogens with one attached hydrogen (secondary N) is 1. The highest BCUT2D eigenvalue weighted by molar-refractivity contribution is 5.92. The molecule has 280 valence electrons. The molecule has 1 aliphatic rings. The second-order valence-electron chi connectivity index (χ2n) is 15.3. The average molecular weight is 672 g/mol. The minimum Gasteiger partial charge on any atom is -0.478 e. The SMILES string of the molecule is CCCCCCCCCCCCCCCCCCNC(=O)C1(CCCCCCCCCCCCCCCCCC)C=CC=C(C(=O)O)C1. The van der Waals surface area contributed by atoms with Gasteiger partial charge in [0.25, 0.3) is 0 Å². The molecule has 1 aliphatic carbocycles. The van der Waals surface area contributed by atoms with Gasteiger partial charge in [-0.05, 0) is 19.3 Å². The third-order valence-electron chi connectivity index (χ3n) is 10.7. The Balaban J connectivity index is 2.12. The van der Waals surface area contributed by atoms with Crippen LogP contribution < -0.4 is 5.32 Å². The Hall–Kier alpha value is -1.58. The fourth-order valence-electron chi connectivity index (χ4n) is 7.43. The lowest BCUT2D eigenvalue weighted by Gasteiger charge is -2.32. The van der Waals surface area contributed by atoms with Crippen LogP contribution >= 0.6 is 0 Å². The van der Waals surface area contributed by atoms with Gasteiger partial charge in [0.15, 0.2) is 0 Å². The van der Waals surface area contributed by atoms with Crippen LogP contribution in [0.1, 0.15) is 232 Å². The van der Waals surface area contributed by atoms with E-state index < -0.39 is 11.4 Å². The highest BCUT2D eigenvalue weighted by atomic mass is 16.4. The molecular weight excluding hydrogens is 590 g/mol. The van der Waals surface area contributed by atoms with E-state index in [0.717, 1.165) is 32.1 Å². The van der Waals surface area contributed by atoms with Crippen molar-refractivity contribution in [2.45, 2.75) is 232 Å². The van der Waals surface area contributed by atoms with Crippen molar-refractivity contribution in [3.05, 3.63) is 23.8 Å². The van der Waals surface area contributed by atoms with Gasteiger partial charge in [-0.3, -0.25) is 4.79 Å². The maximum Gasteiger partial charge on any atom is 0.331 e. The average Bonchev–Trinajstić information content (AvgIpc) is 3.09. The van der Waals surface area contributed by atoms with E-state index in [-0.39, 0.29) is 5.91 Å². The van der Waals surface area contributed by atoms with Crippen LogP contribution in [0.15, 0.2) is 23.8 Å². The van der Waals surface area contributed by atoms with Gasteiger partial charge in [-0.25, -0.2) is 4.79 Å². The molecule has 1 amide bonds. The third-order valence-corrected chi connectivity index (χ3v) is 10.7. The van der Waals surface area contributed by atoms with Crippen molar-refractivity contribution in [3.8, 4) is 0 Å². The predicted molar refractivity (Wildman–Crippen MR) is 209 cm³/mol. The molecule has 0 heterocycles. The standard InChI is InChI=1S/C44H81NO3/c1-3-5-7-9-11-13-15-17-19-21-23-25-27-29-31-33-37-44(38-35-36-41(40-44)42(46)47)43(48)45-39-34-32-30-28-26-24-22-20-18-16-14-12-10-8-6-4-2/h35-36,38H,3-34,37,39-40H2,1-2H3,(H,45,48)(H,46,47). The van der Waals surface area contributed by atoms with Crippen LogP contribution in [0.4, 0.5) is 0 Å². The maximum atomic E-state index is 13.5. The van der Waals surface area contributed by atoms with Gasteiger partial charge >= 0.3 is 5.97 Å². The monoisotopic (exact) mass is 672 g/mol. The molecule has 0 saturated heterocycles. The Kier molecular flexibility index (Phi) is 30.2. The van der Waals surface area contributed by atoms with Gasteiger partial charge in [-0.1, -0.05) is 231 Å². The lowest BCUT2D eigenvalue weighted by atomic mass is 9.73. The summed E-state index contributed by atoms with van der Waals surface area (Å²) in [4.78, 5) is 25.2. The summed E-state index contributed by atoms with van der Waals surface area (Å²) in [6.45, 7) is 5.26. The summed E-state index contributed by atoms with van der Waals surface area (Å²) in [5.41, 5.74) is -0.361. The van der Waals surface area contributed by atoms with Crippen molar-refractivity contribution in [1.29, 1.82) is 0 Å². The second-order valence-corrected chi connectivity index (χ2v) is 15.3. The summed E-state index contributed by atoms with van der Waals surface area (Å²) in [5.74, 6) is -0.881. The Labute approximate surface area is 299 Å². The Morgan fingerprint density at radius 1 is 0.542 bits per heavy atom. The number of hydrogen-bond acceptors (Lipinski definition) is 2. The fraction of sp³-hybridized carbons (Fsp3) is 0.864. The van der Waals surface area contributed by atoms with E-state index in [1.165, 1.54) is 180 Å². The van der Waals surface area contributed by atoms with Gasteiger partial charge in [0.05, 0.1) is 5.41 Å². The van der Waals surface area contributed by atoms with E-state index in [1.807, 2.05) is 6.08 Å². The lowest BCUT2D eigenvalue weighted by molar-refractivity contribution is -0.133.